The highest BCUT2D eigenvalue weighted by atomic mass is 16.1. The van der Waals surface area contributed by atoms with E-state index in [1.165, 1.54) is 0 Å². The van der Waals surface area contributed by atoms with Crippen LogP contribution in [0, 0.1) is 12.8 Å². The fourth-order valence-electron chi connectivity index (χ4n) is 1.64. The number of hydrogen-bond acceptors (Lipinski definition) is 3. The Bertz CT molecular complexity index is 384. The molecule has 0 saturated carbocycles. The summed E-state index contributed by atoms with van der Waals surface area (Å²) in [6, 6.07) is 1.88. The third-order valence-corrected chi connectivity index (χ3v) is 2.68. The molecule has 0 aliphatic carbocycles. The quantitative estimate of drug-likeness (QED) is 0.815. The summed E-state index contributed by atoms with van der Waals surface area (Å²) in [6.07, 6.45) is 1.63. The van der Waals surface area contributed by atoms with E-state index in [1.807, 2.05) is 6.92 Å². The van der Waals surface area contributed by atoms with Gasteiger partial charge in [-0.1, -0.05) is 20.8 Å². The smallest absolute Gasteiger partial charge is 0.253 e. The van der Waals surface area contributed by atoms with Crippen molar-refractivity contribution in [3.8, 4) is 0 Å². The van der Waals surface area contributed by atoms with Crippen molar-refractivity contribution in [1.82, 2.24) is 14.9 Å². The van der Waals surface area contributed by atoms with E-state index < -0.39 is 0 Å². The molecule has 0 aliphatic rings. The van der Waals surface area contributed by atoms with Crippen LogP contribution in [0.3, 0.4) is 0 Å². The summed E-state index contributed by atoms with van der Waals surface area (Å²) < 4.78 is 1.67. The van der Waals surface area contributed by atoms with Crippen LogP contribution >= 0.6 is 0 Å². The monoisotopic (exact) mass is 223 g/mol. The minimum atomic E-state index is 0.0241. The van der Waals surface area contributed by atoms with Gasteiger partial charge in [-0.15, -0.1) is 0 Å². The van der Waals surface area contributed by atoms with Crippen LogP contribution in [0.2, 0.25) is 0 Å². The van der Waals surface area contributed by atoms with Gasteiger partial charge in [-0.05, 0) is 19.4 Å². The van der Waals surface area contributed by atoms with Crippen molar-refractivity contribution in [2.75, 3.05) is 6.54 Å². The lowest BCUT2D eigenvalue weighted by Gasteiger charge is -2.22. The summed E-state index contributed by atoms with van der Waals surface area (Å²) in [7, 11) is 0. The van der Waals surface area contributed by atoms with Crippen LogP contribution < -0.4 is 10.9 Å². The molecule has 4 nitrogen and oxygen atoms in total. The zero-order valence-corrected chi connectivity index (χ0v) is 10.5. The molecule has 1 atom stereocenters. The van der Waals surface area contributed by atoms with Crippen LogP contribution in [0.25, 0.3) is 0 Å². The highest BCUT2D eigenvalue weighted by molar-refractivity contribution is 4.96. The molecule has 0 saturated heterocycles. The van der Waals surface area contributed by atoms with E-state index in [9.17, 15) is 4.79 Å². The predicted octanol–water partition coefficient (Wildman–Crippen LogP) is 1.19. The Kier molecular flexibility index (Phi) is 4.68. The van der Waals surface area contributed by atoms with Gasteiger partial charge in [-0.3, -0.25) is 9.36 Å². The number of hydrogen-bond donors (Lipinski definition) is 1. The van der Waals surface area contributed by atoms with E-state index in [-0.39, 0.29) is 5.56 Å². The summed E-state index contributed by atoms with van der Waals surface area (Å²) in [5.74, 6) is 0.494. The van der Waals surface area contributed by atoms with E-state index in [2.05, 4.69) is 31.1 Å². The predicted molar refractivity (Wildman–Crippen MR) is 65.5 cm³/mol. The van der Waals surface area contributed by atoms with Crippen molar-refractivity contribution in [1.29, 1.82) is 0 Å². The van der Waals surface area contributed by atoms with Crippen molar-refractivity contribution in [3.05, 3.63) is 28.4 Å². The van der Waals surface area contributed by atoms with Gasteiger partial charge in [0.15, 0.2) is 0 Å². The molecule has 1 heterocycles. The van der Waals surface area contributed by atoms with Gasteiger partial charge >= 0.3 is 0 Å². The molecule has 4 heteroatoms. The molecule has 90 valence electrons. The molecular formula is C12H21N3O. The molecule has 0 aliphatic heterocycles. The second-order valence-electron chi connectivity index (χ2n) is 4.43. The maximum atomic E-state index is 11.7. The summed E-state index contributed by atoms with van der Waals surface area (Å²) in [5.41, 5.74) is 0.793. The van der Waals surface area contributed by atoms with Gasteiger partial charge in [-0.25, -0.2) is 4.98 Å². The lowest BCUT2D eigenvalue weighted by molar-refractivity contribution is 0.356. The first kappa shape index (κ1) is 12.9. The second-order valence-corrected chi connectivity index (χ2v) is 4.43. The van der Waals surface area contributed by atoms with E-state index >= 15 is 0 Å². The van der Waals surface area contributed by atoms with Gasteiger partial charge in [0, 0.05) is 24.3 Å². The Morgan fingerprint density at radius 3 is 2.69 bits per heavy atom. The molecule has 0 spiro atoms. The van der Waals surface area contributed by atoms with Crippen LogP contribution in [0.15, 0.2) is 17.2 Å². The molecule has 1 aromatic heterocycles. The first-order valence-corrected chi connectivity index (χ1v) is 5.81. The average molecular weight is 223 g/mol. The van der Waals surface area contributed by atoms with E-state index in [4.69, 9.17) is 0 Å². The molecule has 1 N–H and O–H groups in total. The Hall–Kier alpha value is -1.16. The molecule has 0 radical (unpaired) electrons. The third kappa shape index (κ3) is 3.45. The number of rotatable bonds is 5. The topological polar surface area (TPSA) is 46.9 Å². The van der Waals surface area contributed by atoms with Crippen LogP contribution in [0.4, 0.5) is 0 Å². The van der Waals surface area contributed by atoms with Gasteiger partial charge in [0.1, 0.15) is 0 Å². The molecule has 16 heavy (non-hydrogen) atoms. The first-order chi connectivity index (χ1) is 7.54. The van der Waals surface area contributed by atoms with E-state index in [1.54, 1.807) is 17.0 Å². The number of aromatic nitrogens is 2. The number of nitrogens with zero attached hydrogens (tertiary/aromatic N) is 2. The Balaban J connectivity index is 2.81. The van der Waals surface area contributed by atoms with Crippen molar-refractivity contribution < 1.29 is 0 Å². The van der Waals surface area contributed by atoms with Gasteiger partial charge in [0.2, 0.25) is 0 Å². The van der Waals surface area contributed by atoms with Gasteiger partial charge < -0.3 is 5.32 Å². The van der Waals surface area contributed by atoms with E-state index in [0.717, 1.165) is 12.2 Å². The molecular weight excluding hydrogens is 202 g/mol. The van der Waals surface area contributed by atoms with Crippen LogP contribution in [-0.2, 0) is 6.54 Å². The average Bonchev–Trinajstić information content (AvgIpc) is 2.20. The Labute approximate surface area is 96.7 Å². The Morgan fingerprint density at radius 2 is 2.19 bits per heavy atom. The van der Waals surface area contributed by atoms with Crippen LogP contribution in [0.5, 0.6) is 0 Å². The van der Waals surface area contributed by atoms with E-state index in [0.29, 0.717) is 18.5 Å². The molecule has 1 unspecified atom stereocenters. The minimum absolute atomic E-state index is 0.0241. The van der Waals surface area contributed by atoms with Gasteiger partial charge in [-0.2, -0.15) is 0 Å². The van der Waals surface area contributed by atoms with Crippen LogP contribution in [-0.4, -0.2) is 22.1 Å². The highest BCUT2D eigenvalue weighted by Crippen LogP contribution is 2.03. The maximum Gasteiger partial charge on any atom is 0.253 e. The molecule has 0 aromatic carbocycles. The number of aryl methyl sites for hydroxylation is 1. The third-order valence-electron chi connectivity index (χ3n) is 2.68. The van der Waals surface area contributed by atoms with Crippen molar-refractivity contribution in [3.63, 3.8) is 0 Å². The molecule has 0 bridgehead atoms. The molecule has 0 fully saturated rings. The fourth-order valence-corrected chi connectivity index (χ4v) is 1.64. The molecule has 1 aromatic rings. The van der Waals surface area contributed by atoms with Crippen molar-refractivity contribution >= 4 is 0 Å². The first-order valence-electron chi connectivity index (χ1n) is 5.81. The Morgan fingerprint density at radius 1 is 1.50 bits per heavy atom. The highest BCUT2D eigenvalue weighted by Gasteiger charge is 2.13. The lowest BCUT2D eigenvalue weighted by atomic mass is 10.0. The summed E-state index contributed by atoms with van der Waals surface area (Å²) >= 11 is 0. The summed E-state index contributed by atoms with van der Waals surface area (Å²) in [4.78, 5) is 15.8. The normalized spacial score (nSPS) is 13.1. The maximum absolute atomic E-state index is 11.7. The van der Waals surface area contributed by atoms with Crippen molar-refractivity contribution in [2.24, 2.45) is 5.92 Å². The largest absolute Gasteiger partial charge is 0.312 e. The van der Waals surface area contributed by atoms with Crippen molar-refractivity contribution in [2.45, 2.75) is 40.3 Å². The molecule has 1 rings (SSSR count). The summed E-state index contributed by atoms with van der Waals surface area (Å²) in [5, 5.41) is 3.38. The summed E-state index contributed by atoms with van der Waals surface area (Å²) in [6.45, 7) is 9.80. The van der Waals surface area contributed by atoms with Gasteiger partial charge in [0.25, 0.3) is 5.56 Å². The number of likely N-dealkylation sites (N-methyl/N-ethyl adjacent to an activating group) is 1. The number of nitrogens with one attached hydrogen (secondary N) is 1. The lowest BCUT2D eigenvalue weighted by Crippen LogP contribution is -2.40. The second kappa shape index (κ2) is 5.80. The van der Waals surface area contributed by atoms with Crippen LogP contribution in [0.1, 0.15) is 26.5 Å². The fraction of sp³-hybridized carbons (Fsp3) is 0.667. The standard InChI is InChI=1S/C12H21N3O/c1-5-13-11(9(2)3)7-15-8-14-10(4)6-12(15)16/h6,8-9,11,13H,5,7H2,1-4H3. The minimum Gasteiger partial charge on any atom is -0.312 e. The molecule has 0 amide bonds. The SMILES string of the molecule is CCNC(Cn1cnc(C)cc1=O)C(C)C. The van der Waals surface area contributed by atoms with Gasteiger partial charge in [0.05, 0.1) is 6.33 Å². The zero-order chi connectivity index (χ0) is 12.1. The zero-order valence-electron chi connectivity index (χ0n) is 10.5.